The van der Waals surface area contributed by atoms with E-state index in [1.165, 1.54) is 0 Å². The van der Waals surface area contributed by atoms with Crippen LogP contribution >= 0.6 is 0 Å². The molecule has 0 unspecified atom stereocenters. The van der Waals surface area contributed by atoms with E-state index in [9.17, 15) is 9.59 Å². The fourth-order valence-corrected chi connectivity index (χ4v) is 1.30. The average Bonchev–Trinajstić information content (AvgIpc) is 2.17. The second kappa shape index (κ2) is 4.60. The number of nitrogens with zero attached hydrogens (tertiary/aromatic N) is 1. The van der Waals surface area contributed by atoms with E-state index in [0.717, 1.165) is 0 Å². The van der Waals surface area contributed by atoms with Gasteiger partial charge in [-0.3, -0.25) is 4.79 Å². The van der Waals surface area contributed by atoms with E-state index in [2.05, 4.69) is 0 Å². The molecule has 1 aliphatic rings. The number of aldehydes is 1. The van der Waals surface area contributed by atoms with Crippen LogP contribution < -0.4 is 0 Å². The highest BCUT2D eigenvalue weighted by atomic mass is 16.5. The molecule has 0 bridgehead atoms. The highest BCUT2D eigenvalue weighted by Crippen LogP contribution is 2.15. The zero-order valence-electron chi connectivity index (χ0n) is 8.32. The molecule has 4 heteroatoms. The lowest BCUT2D eigenvalue weighted by Crippen LogP contribution is -2.29. The number of ether oxygens (including phenoxy) is 1. The van der Waals surface area contributed by atoms with Gasteiger partial charge in [0.1, 0.15) is 5.70 Å². The van der Waals surface area contributed by atoms with Gasteiger partial charge in [-0.25, -0.2) is 4.79 Å². The van der Waals surface area contributed by atoms with Gasteiger partial charge in [-0.2, -0.15) is 0 Å². The fraction of sp³-hybridized carbons (Fsp3) is 0.400. The zero-order valence-corrected chi connectivity index (χ0v) is 8.32. The number of esters is 1. The van der Waals surface area contributed by atoms with Crippen molar-refractivity contribution in [3.05, 3.63) is 23.4 Å². The summed E-state index contributed by atoms with van der Waals surface area (Å²) in [7, 11) is 1.75. The van der Waals surface area contributed by atoms with Crippen LogP contribution in [-0.4, -0.2) is 37.4 Å². The van der Waals surface area contributed by atoms with E-state index >= 15 is 0 Å². The molecule has 0 aromatic rings. The van der Waals surface area contributed by atoms with Crippen molar-refractivity contribution in [2.75, 3.05) is 20.2 Å². The van der Waals surface area contributed by atoms with Gasteiger partial charge in [0.15, 0.2) is 6.29 Å². The number of carbonyl (C=O) groups excluding carboxylic acids is 2. The van der Waals surface area contributed by atoms with Gasteiger partial charge in [-0.1, -0.05) is 12.2 Å². The second-order valence-electron chi connectivity index (χ2n) is 2.93. The summed E-state index contributed by atoms with van der Waals surface area (Å²) in [5.74, 6) is -0.443. The lowest BCUT2D eigenvalue weighted by molar-refractivity contribution is -0.140. The fourth-order valence-electron chi connectivity index (χ4n) is 1.30. The van der Waals surface area contributed by atoms with Crippen molar-refractivity contribution in [2.24, 2.45) is 0 Å². The first-order valence-corrected chi connectivity index (χ1v) is 4.45. The molecule has 1 aliphatic heterocycles. The van der Waals surface area contributed by atoms with Gasteiger partial charge in [0.05, 0.1) is 6.61 Å². The Bertz CT molecular complexity index is 304. The summed E-state index contributed by atoms with van der Waals surface area (Å²) in [4.78, 5) is 23.8. The quantitative estimate of drug-likeness (QED) is 0.486. The molecular weight excluding hydrogens is 182 g/mol. The Morgan fingerprint density at radius 2 is 2.43 bits per heavy atom. The molecule has 14 heavy (non-hydrogen) atoms. The van der Waals surface area contributed by atoms with Gasteiger partial charge in [0.2, 0.25) is 0 Å². The maximum Gasteiger partial charge on any atom is 0.355 e. The summed E-state index contributed by atoms with van der Waals surface area (Å²) in [5, 5.41) is 0. The van der Waals surface area contributed by atoms with Crippen LogP contribution in [0.25, 0.3) is 0 Å². The second-order valence-corrected chi connectivity index (χ2v) is 2.93. The maximum atomic E-state index is 11.5. The van der Waals surface area contributed by atoms with Crippen LogP contribution in [-0.2, 0) is 14.3 Å². The molecule has 0 aromatic carbocycles. The van der Waals surface area contributed by atoms with Crippen LogP contribution in [0.3, 0.4) is 0 Å². The molecule has 0 atom stereocenters. The van der Waals surface area contributed by atoms with Gasteiger partial charge in [0, 0.05) is 19.2 Å². The van der Waals surface area contributed by atoms with Crippen molar-refractivity contribution in [3.63, 3.8) is 0 Å². The van der Waals surface area contributed by atoms with Crippen LogP contribution in [0.2, 0.25) is 0 Å². The smallest absolute Gasteiger partial charge is 0.355 e. The molecule has 1 heterocycles. The molecule has 0 amide bonds. The topological polar surface area (TPSA) is 46.6 Å². The number of hydrogen-bond acceptors (Lipinski definition) is 4. The van der Waals surface area contributed by atoms with E-state index in [4.69, 9.17) is 4.74 Å². The molecule has 0 fully saturated rings. The molecule has 0 N–H and O–H groups in total. The molecule has 0 saturated heterocycles. The first-order chi connectivity index (χ1) is 6.70. The van der Waals surface area contributed by atoms with Gasteiger partial charge < -0.3 is 9.64 Å². The van der Waals surface area contributed by atoms with Crippen molar-refractivity contribution in [1.82, 2.24) is 4.90 Å². The largest absolute Gasteiger partial charge is 0.461 e. The normalized spacial score (nSPS) is 15.7. The number of rotatable bonds is 3. The number of carbonyl (C=O) groups is 2. The summed E-state index contributed by atoms with van der Waals surface area (Å²) in [6.07, 6.45) is 4.13. The molecule has 0 saturated carbocycles. The zero-order chi connectivity index (χ0) is 10.6. The van der Waals surface area contributed by atoms with Crippen LogP contribution in [0.15, 0.2) is 23.4 Å². The predicted octanol–water partition coefficient (Wildman–Crippen LogP) is 0.504. The third kappa shape index (κ3) is 2.02. The Hall–Kier alpha value is -1.58. The number of allylic oxidation sites excluding steroid dienone is 2. The molecule has 0 spiro atoms. The summed E-state index contributed by atoms with van der Waals surface area (Å²) >= 11 is 0. The minimum atomic E-state index is -0.443. The van der Waals surface area contributed by atoms with Crippen molar-refractivity contribution >= 4 is 12.3 Å². The molecule has 76 valence electrons. The van der Waals surface area contributed by atoms with Gasteiger partial charge in [0.25, 0.3) is 0 Å². The average molecular weight is 195 g/mol. The lowest BCUT2D eigenvalue weighted by Gasteiger charge is -2.23. The Kier molecular flexibility index (Phi) is 3.45. The molecule has 0 aliphatic carbocycles. The molecule has 1 rings (SSSR count). The Labute approximate surface area is 82.8 Å². The Morgan fingerprint density at radius 3 is 3.00 bits per heavy atom. The van der Waals surface area contributed by atoms with Crippen LogP contribution in [0.1, 0.15) is 6.92 Å². The predicted molar refractivity (Wildman–Crippen MR) is 51.5 cm³/mol. The highest BCUT2D eigenvalue weighted by molar-refractivity contribution is 5.96. The maximum absolute atomic E-state index is 11.5. The lowest BCUT2D eigenvalue weighted by atomic mass is 10.1. The molecular formula is C10H13NO3. The van der Waals surface area contributed by atoms with E-state index in [0.29, 0.717) is 30.7 Å². The van der Waals surface area contributed by atoms with Crippen molar-refractivity contribution in [1.29, 1.82) is 0 Å². The number of hydrogen-bond donors (Lipinski definition) is 0. The van der Waals surface area contributed by atoms with Crippen molar-refractivity contribution in [2.45, 2.75) is 6.92 Å². The standard InChI is InChI=1S/C10H13NO3/c1-3-14-10(13)9-8(7-12)5-4-6-11(9)2/h4-5,7H,3,6H2,1-2H3. The highest BCUT2D eigenvalue weighted by Gasteiger charge is 2.21. The van der Waals surface area contributed by atoms with E-state index < -0.39 is 5.97 Å². The Balaban J connectivity index is 2.98. The summed E-state index contributed by atoms with van der Waals surface area (Å²) in [6.45, 7) is 2.66. The van der Waals surface area contributed by atoms with Crippen LogP contribution in [0.5, 0.6) is 0 Å². The minimum absolute atomic E-state index is 0.312. The monoisotopic (exact) mass is 195 g/mol. The first-order valence-electron chi connectivity index (χ1n) is 4.45. The first kappa shape index (κ1) is 10.5. The van der Waals surface area contributed by atoms with Gasteiger partial charge >= 0.3 is 5.97 Å². The third-order valence-electron chi connectivity index (χ3n) is 1.93. The van der Waals surface area contributed by atoms with E-state index in [1.54, 1.807) is 24.9 Å². The molecule has 4 nitrogen and oxygen atoms in total. The van der Waals surface area contributed by atoms with Crippen LogP contribution in [0, 0.1) is 0 Å². The third-order valence-corrected chi connectivity index (χ3v) is 1.93. The summed E-state index contributed by atoms with van der Waals surface area (Å²) in [5.41, 5.74) is 0.710. The van der Waals surface area contributed by atoms with Crippen molar-refractivity contribution < 1.29 is 14.3 Å². The van der Waals surface area contributed by atoms with E-state index in [1.807, 2.05) is 6.08 Å². The van der Waals surface area contributed by atoms with E-state index in [-0.39, 0.29) is 0 Å². The number of likely N-dealkylation sites (N-methyl/N-ethyl adjacent to an activating group) is 1. The molecule has 0 aromatic heterocycles. The molecule has 0 radical (unpaired) electrons. The van der Waals surface area contributed by atoms with Gasteiger partial charge in [-0.15, -0.1) is 0 Å². The SMILES string of the molecule is CCOC(=O)C1=C(C=O)C=CCN1C. The summed E-state index contributed by atoms with van der Waals surface area (Å²) in [6, 6.07) is 0. The van der Waals surface area contributed by atoms with Gasteiger partial charge in [-0.05, 0) is 6.92 Å². The summed E-state index contributed by atoms with van der Waals surface area (Å²) < 4.78 is 4.85. The minimum Gasteiger partial charge on any atom is -0.461 e. The van der Waals surface area contributed by atoms with Crippen molar-refractivity contribution in [3.8, 4) is 0 Å². The van der Waals surface area contributed by atoms with Crippen LogP contribution in [0.4, 0.5) is 0 Å². The Morgan fingerprint density at radius 1 is 1.71 bits per heavy atom.